The third-order valence-electron chi connectivity index (χ3n) is 5.20. The molecule has 156 valence electrons. The van der Waals surface area contributed by atoms with Gasteiger partial charge in [-0.3, -0.25) is 4.79 Å². The highest BCUT2D eigenvalue weighted by Crippen LogP contribution is 2.39. The number of carboxylic acids is 1. The van der Waals surface area contributed by atoms with Crippen molar-refractivity contribution >= 4 is 23.9 Å². The van der Waals surface area contributed by atoms with Crippen LogP contribution < -0.4 is 4.74 Å². The maximum atomic E-state index is 11.9. The van der Waals surface area contributed by atoms with Crippen molar-refractivity contribution in [1.29, 1.82) is 0 Å². The summed E-state index contributed by atoms with van der Waals surface area (Å²) < 4.78 is 6.09. The van der Waals surface area contributed by atoms with Crippen LogP contribution in [0.2, 0.25) is 0 Å². The minimum atomic E-state index is -0.789. The molecule has 3 rings (SSSR count). The van der Waals surface area contributed by atoms with Crippen molar-refractivity contribution in [3.63, 3.8) is 0 Å². The lowest BCUT2D eigenvalue weighted by Gasteiger charge is -2.19. The Morgan fingerprint density at radius 3 is 2.55 bits per heavy atom. The Morgan fingerprint density at radius 2 is 1.90 bits per heavy atom. The highest BCUT2D eigenvalue weighted by atomic mass is 35.5. The van der Waals surface area contributed by atoms with Crippen LogP contribution in [-0.2, 0) is 11.4 Å². The summed E-state index contributed by atoms with van der Waals surface area (Å²) in [6.07, 6.45) is 3.16. The zero-order valence-corrected chi connectivity index (χ0v) is 18.3. The maximum absolute atomic E-state index is 11.9. The summed E-state index contributed by atoms with van der Waals surface area (Å²) in [6, 6.07) is 14.1. The van der Waals surface area contributed by atoms with Crippen LogP contribution in [0.1, 0.15) is 48.4 Å². The molecule has 1 aliphatic rings. The fourth-order valence-electron chi connectivity index (χ4n) is 3.79. The molecule has 29 heavy (non-hydrogen) atoms. The van der Waals surface area contributed by atoms with Gasteiger partial charge in [-0.25, -0.2) is 0 Å². The SMILES string of the molecule is CC(C)C(C(=O)O)c1ccc2c(c1)/C(=C\CCN(C)C)c1ccccc1CO2.Cl. The number of hydrogen-bond acceptors (Lipinski definition) is 3. The Bertz CT molecular complexity index is 889. The lowest BCUT2D eigenvalue weighted by atomic mass is 9.85. The molecule has 0 amide bonds. The van der Waals surface area contributed by atoms with E-state index in [0.717, 1.165) is 46.5 Å². The van der Waals surface area contributed by atoms with E-state index in [1.54, 1.807) is 0 Å². The highest BCUT2D eigenvalue weighted by Gasteiger charge is 2.26. The Kier molecular flexibility index (Phi) is 7.88. The summed E-state index contributed by atoms with van der Waals surface area (Å²) in [6.45, 7) is 5.36. The van der Waals surface area contributed by atoms with E-state index in [4.69, 9.17) is 4.74 Å². The van der Waals surface area contributed by atoms with E-state index < -0.39 is 11.9 Å². The Hall–Kier alpha value is -2.30. The van der Waals surface area contributed by atoms with Crippen LogP contribution in [0.5, 0.6) is 5.75 Å². The van der Waals surface area contributed by atoms with Gasteiger partial charge in [-0.15, -0.1) is 12.4 Å². The van der Waals surface area contributed by atoms with Gasteiger partial charge in [0.2, 0.25) is 0 Å². The first kappa shape index (κ1) is 23.0. The molecule has 4 nitrogen and oxygen atoms in total. The van der Waals surface area contributed by atoms with E-state index in [9.17, 15) is 9.90 Å². The second kappa shape index (κ2) is 9.95. The summed E-state index contributed by atoms with van der Waals surface area (Å²) in [5.74, 6) is -0.505. The van der Waals surface area contributed by atoms with Crippen molar-refractivity contribution in [3.8, 4) is 5.75 Å². The minimum Gasteiger partial charge on any atom is -0.488 e. The summed E-state index contributed by atoms with van der Waals surface area (Å²) in [5, 5.41) is 9.73. The molecule has 0 aromatic heterocycles. The van der Waals surface area contributed by atoms with Crippen LogP contribution in [0.4, 0.5) is 0 Å². The molecule has 2 aromatic rings. The van der Waals surface area contributed by atoms with Crippen molar-refractivity contribution in [2.45, 2.75) is 32.8 Å². The lowest BCUT2D eigenvalue weighted by molar-refractivity contribution is -0.139. The fraction of sp³-hybridized carbons (Fsp3) is 0.375. The molecule has 0 fully saturated rings. The van der Waals surface area contributed by atoms with Gasteiger partial charge in [0.05, 0.1) is 5.92 Å². The van der Waals surface area contributed by atoms with Gasteiger partial charge < -0.3 is 14.7 Å². The van der Waals surface area contributed by atoms with Gasteiger partial charge in [-0.2, -0.15) is 0 Å². The second-order valence-corrected chi connectivity index (χ2v) is 7.97. The first-order chi connectivity index (χ1) is 13.4. The third-order valence-corrected chi connectivity index (χ3v) is 5.20. The highest BCUT2D eigenvalue weighted by molar-refractivity contribution is 5.86. The number of halogens is 1. The van der Waals surface area contributed by atoms with Gasteiger partial charge >= 0.3 is 5.97 Å². The summed E-state index contributed by atoms with van der Waals surface area (Å²) in [5.41, 5.74) is 5.24. The van der Waals surface area contributed by atoms with E-state index in [1.165, 1.54) is 0 Å². The second-order valence-electron chi connectivity index (χ2n) is 7.97. The number of carbonyl (C=O) groups is 1. The standard InChI is InChI=1S/C24H29NO3.ClH/c1-16(2)23(24(26)27)17-11-12-22-21(14-17)20(10-7-13-25(3)4)19-9-6-5-8-18(19)15-28-22;/h5-6,8-12,14,16,23H,7,13,15H2,1-4H3,(H,26,27);1H/b20-10-;. The lowest BCUT2D eigenvalue weighted by Crippen LogP contribution is -2.17. The monoisotopic (exact) mass is 415 g/mol. The Morgan fingerprint density at radius 1 is 1.17 bits per heavy atom. The number of fused-ring (bicyclic) bond motifs is 2. The van der Waals surface area contributed by atoms with Gasteiger partial charge in [0.25, 0.3) is 0 Å². The molecule has 1 N–H and O–H groups in total. The number of rotatable bonds is 6. The topological polar surface area (TPSA) is 49.8 Å². The number of hydrogen-bond donors (Lipinski definition) is 1. The molecule has 1 heterocycles. The molecule has 2 aromatic carbocycles. The van der Waals surface area contributed by atoms with E-state index in [-0.39, 0.29) is 18.3 Å². The molecule has 0 saturated heterocycles. The van der Waals surface area contributed by atoms with Gasteiger partial charge in [-0.05, 0) is 60.8 Å². The first-order valence-corrected chi connectivity index (χ1v) is 9.81. The van der Waals surface area contributed by atoms with Crippen molar-refractivity contribution in [2.24, 2.45) is 5.92 Å². The summed E-state index contributed by atoms with van der Waals surface area (Å²) in [4.78, 5) is 14.0. The number of aliphatic carboxylic acids is 1. The summed E-state index contributed by atoms with van der Waals surface area (Å²) in [7, 11) is 4.13. The first-order valence-electron chi connectivity index (χ1n) is 9.81. The van der Waals surface area contributed by atoms with Crippen LogP contribution in [0.15, 0.2) is 48.5 Å². The van der Waals surface area contributed by atoms with Crippen LogP contribution in [0.25, 0.3) is 5.57 Å². The van der Waals surface area contributed by atoms with Crippen molar-refractivity contribution in [2.75, 3.05) is 20.6 Å². The normalized spacial score (nSPS) is 15.2. The molecular weight excluding hydrogens is 386 g/mol. The quantitative estimate of drug-likeness (QED) is 0.703. The van der Waals surface area contributed by atoms with Crippen LogP contribution in [0, 0.1) is 5.92 Å². The Labute approximate surface area is 179 Å². The average molecular weight is 416 g/mol. The zero-order chi connectivity index (χ0) is 20.3. The van der Waals surface area contributed by atoms with E-state index in [2.05, 4.69) is 37.2 Å². The smallest absolute Gasteiger partial charge is 0.311 e. The van der Waals surface area contributed by atoms with Crippen molar-refractivity contribution in [3.05, 3.63) is 70.8 Å². The van der Waals surface area contributed by atoms with Crippen LogP contribution >= 0.6 is 12.4 Å². The van der Waals surface area contributed by atoms with Gasteiger partial charge in [0.15, 0.2) is 0 Å². The van der Waals surface area contributed by atoms with E-state index in [0.29, 0.717) is 6.61 Å². The molecule has 1 atom stereocenters. The molecule has 1 aliphatic heterocycles. The zero-order valence-electron chi connectivity index (χ0n) is 17.5. The fourth-order valence-corrected chi connectivity index (χ4v) is 3.79. The van der Waals surface area contributed by atoms with Gasteiger partial charge in [-0.1, -0.05) is 50.3 Å². The molecule has 0 spiro atoms. The summed E-state index contributed by atoms with van der Waals surface area (Å²) >= 11 is 0. The molecule has 0 radical (unpaired) electrons. The predicted molar refractivity (Wildman–Crippen MR) is 120 cm³/mol. The molecular formula is C24H30ClNO3. The number of benzene rings is 2. The molecule has 0 aliphatic carbocycles. The molecule has 1 unspecified atom stereocenters. The predicted octanol–water partition coefficient (Wildman–Crippen LogP) is 5.21. The van der Waals surface area contributed by atoms with E-state index in [1.807, 2.05) is 44.2 Å². The Balaban J connectivity index is 0.00000300. The number of carboxylic acid groups (broad SMARTS) is 1. The molecule has 0 bridgehead atoms. The van der Waals surface area contributed by atoms with E-state index >= 15 is 0 Å². The van der Waals surface area contributed by atoms with Gasteiger partial charge in [0, 0.05) is 12.1 Å². The largest absolute Gasteiger partial charge is 0.488 e. The molecule has 0 saturated carbocycles. The third kappa shape index (κ3) is 5.20. The maximum Gasteiger partial charge on any atom is 0.311 e. The van der Waals surface area contributed by atoms with Crippen LogP contribution in [-0.4, -0.2) is 36.6 Å². The molecule has 5 heteroatoms. The van der Waals surface area contributed by atoms with Gasteiger partial charge in [0.1, 0.15) is 12.4 Å². The number of nitrogens with zero attached hydrogens (tertiary/aromatic N) is 1. The number of ether oxygens (including phenoxy) is 1. The minimum absolute atomic E-state index is 0. The van der Waals surface area contributed by atoms with Crippen molar-refractivity contribution in [1.82, 2.24) is 4.90 Å². The van der Waals surface area contributed by atoms with Crippen LogP contribution in [0.3, 0.4) is 0 Å². The average Bonchev–Trinajstić information content (AvgIpc) is 2.78. The van der Waals surface area contributed by atoms with Crippen molar-refractivity contribution < 1.29 is 14.6 Å².